The molecule has 0 atom stereocenters. The van der Waals surface area contributed by atoms with Crippen molar-refractivity contribution >= 4 is 17.5 Å². The van der Waals surface area contributed by atoms with Crippen molar-refractivity contribution in [2.24, 2.45) is 0 Å². The lowest BCUT2D eigenvalue weighted by Crippen LogP contribution is -2.28. The van der Waals surface area contributed by atoms with E-state index in [0.717, 1.165) is 12.0 Å². The van der Waals surface area contributed by atoms with Gasteiger partial charge in [0.25, 0.3) is 0 Å². The van der Waals surface area contributed by atoms with Crippen LogP contribution in [0.3, 0.4) is 0 Å². The van der Waals surface area contributed by atoms with Gasteiger partial charge in [-0.2, -0.15) is 0 Å². The summed E-state index contributed by atoms with van der Waals surface area (Å²) in [5, 5.41) is 0. The Hall–Kier alpha value is -1.09. The number of amides is 1. The standard InChI is InChI=1S/C13H17ClFNO/c1-10-9-11(3-4-12(10)15)6-8-16(2)13(17)5-7-14/h3-4,9H,5-8H2,1-2H3. The Kier molecular flexibility index (Phi) is 5.42. The van der Waals surface area contributed by atoms with Crippen molar-refractivity contribution < 1.29 is 9.18 Å². The van der Waals surface area contributed by atoms with Gasteiger partial charge in [-0.1, -0.05) is 12.1 Å². The summed E-state index contributed by atoms with van der Waals surface area (Å²) < 4.78 is 13.0. The van der Waals surface area contributed by atoms with Crippen molar-refractivity contribution in [3.05, 3.63) is 35.1 Å². The third-order valence-electron chi connectivity index (χ3n) is 2.69. The van der Waals surface area contributed by atoms with Crippen molar-refractivity contribution in [2.45, 2.75) is 19.8 Å². The summed E-state index contributed by atoms with van der Waals surface area (Å²) in [6.07, 6.45) is 1.09. The van der Waals surface area contributed by atoms with Crippen LogP contribution < -0.4 is 0 Å². The summed E-state index contributed by atoms with van der Waals surface area (Å²) in [5.41, 5.74) is 1.67. The summed E-state index contributed by atoms with van der Waals surface area (Å²) in [4.78, 5) is 13.1. The van der Waals surface area contributed by atoms with E-state index in [1.54, 1.807) is 24.9 Å². The van der Waals surface area contributed by atoms with Crippen molar-refractivity contribution in [1.29, 1.82) is 0 Å². The second-order valence-electron chi connectivity index (χ2n) is 4.09. The first kappa shape index (κ1) is 14.0. The highest BCUT2D eigenvalue weighted by atomic mass is 35.5. The van der Waals surface area contributed by atoms with Crippen LogP contribution in [0, 0.1) is 12.7 Å². The Bertz CT molecular complexity index is 395. The minimum Gasteiger partial charge on any atom is -0.345 e. The highest BCUT2D eigenvalue weighted by Crippen LogP contribution is 2.10. The zero-order valence-corrected chi connectivity index (χ0v) is 10.9. The maximum Gasteiger partial charge on any atom is 0.223 e. The van der Waals surface area contributed by atoms with Crippen molar-refractivity contribution in [3.63, 3.8) is 0 Å². The fourth-order valence-corrected chi connectivity index (χ4v) is 1.72. The molecule has 0 heterocycles. The van der Waals surface area contributed by atoms with Crippen LogP contribution in [0.25, 0.3) is 0 Å². The number of alkyl halides is 1. The molecule has 0 spiro atoms. The number of likely N-dealkylation sites (N-methyl/N-ethyl adjacent to an activating group) is 1. The first-order valence-electron chi connectivity index (χ1n) is 5.59. The zero-order chi connectivity index (χ0) is 12.8. The van der Waals surface area contributed by atoms with Crippen LogP contribution in [0.4, 0.5) is 4.39 Å². The Morgan fingerprint density at radius 2 is 2.18 bits per heavy atom. The van der Waals surface area contributed by atoms with E-state index in [1.165, 1.54) is 6.07 Å². The van der Waals surface area contributed by atoms with Gasteiger partial charge in [-0.3, -0.25) is 4.79 Å². The number of carbonyl (C=O) groups excluding carboxylic acids is 1. The molecular weight excluding hydrogens is 241 g/mol. The third kappa shape index (κ3) is 4.35. The molecule has 0 saturated carbocycles. The average molecular weight is 258 g/mol. The molecule has 17 heavy (non-hydrogen) atoms. The van der Waals surface area contributed by atoms with Gasteiger partial charge in [0.2, 0.25) is 5.91 Å². The van der Waals surface area contributed by atoms with Crippen LogP contribution in [-0.2, 0) is 11.2 Å². The van der Waals surface area contributed by atoms with Gasteiger partial charge < -0.3 is 4.90 Å². The second-order valence-corrected chi connectivity index (χ2v) is 4.47. The lowest BCUT2D eigenvalue weighted by molar-refractivity contribution is -0.129. The van der Waals surface area contributed by atoms with Crippen LogP contribution in [0.15, 0.2) is 18.2 Å². The highest BCUT2D eigenvalue weighted by molar-refractivity contribution is 6.18. The van der Waals surface area contributed by atoms with E-state index in [1.807, 2.05) is 6.07 Å². The number of hydrogen-bond donors (Lipinski definition) is 0. The van der Waals surface area contributed by atoms with Crippen LogP contribution in [0.5, 0.6) is 0 Å². The molecule has 0 N–H and O–H groups in total. The molecule has 0 aliphatic heterocycles. The number of aryl methyl sites for hydroxylation is 1. The first-order chi connectivity index (χ1) is 8.04. The molecule has 0 aliphatic carbocycles. The fraction of sp³-hybridized carbons (Fsp3) is 0.462. The predicted molar refractivity (Wildman–Crippen MR) is 67.8 cm³/mol. The zero-order valence-electron chi connectivity index (χ0n) is 10.2. The largest absolute Gasteiger partial charge is 0.345 e. The van der Waals surface area contributed by atoms with E-state index in [0.29, 0.717) is 24.4 Å². The van der Waals surface area contributed by atoms with Gasteiger partial charge in [0.1, 0.15) is 5.82 Å². The topological polar surface area (TPSA) is 20.3 Å². The molecule has 0 aromatic heterocycles. The molecule has 4 heteroatoms. The molecular formula is C13H17ClFNO. The molecule has 0 aliphatic rings. The molecule has 1 aromatic carbocycles. The molecule has 0 bridgehead atoms. The Labute approximate surface area is 106 Å². The fourth-order valence-electron chi connectivity index (χ4n) is 1.56. The van der Waals surface area contributed by atoms with Crippen molar-refractivity contribution in [1.82, 2.24) is 4.90 Å². The number of halogens is 2. The van der Waals surface area contributed by atoms with Gasteiger partial charge in [0.15, 0.2) is 0 Å². The smallest absolute Gasteiger partial charge is 0.223 e. The average Bonchev–Trinajstić information content (AvgIpc) is 2.30. The molecule has 1 amide bonds. The van der Waals surface area contributed by atoms with Gasteiger partial charge in [-0.25, -0.2) is 4.39 Å². The highest BCUT2D eigenvalue weighted by Gasteiger charge is 2.07. The molecule has 2 nitrogen and oxygen atoms in total. The third-order valence-corrected chi connectivity index (χ3v) is 2.88. The number of carbonyl (C=O) groups is 1. The van der Waals surface area contributed by atoms with Crippen LogP contribution in [0.2, 0.25) is 0 Å². The number of rotatable bonds is 5. The lowest BCUT2D eigenvalue weighted by atomic mass is 10.1. The Morgan fingerprint density at radius 1 is 1.47 bits per heavy atom. The van der Waals surface area contributed by atoms with E-state index < -0.39 is 0 Å². The molecule has 1 rings (SSSR count). The first-order valence-corrected chi connectivity index (χ1v) is 6.13. The van der Waals surface area contributed by atoms with Crippen molar-refractivity contribution in [2.75, 3.05) is 19.5 Å². The van der Waals surface area contributed by atoms with E-state index >= 15 is 0 Å². The lowest BCUT2D eigenvalue weighted by Gasteiger charge is -2.16. The summed E-state index contributed by atoms with van der Waals surface area (Å²) >= 11 is 5.51. The minimum absolute atomic E-state index is 0.0406. The van der Waals surface area contributed by atoms with E-state index in [2.05, 4.69) is 0 Å². The van der Waals surface area contributed by atoms with Gasteiger partial charge in [0, 0.05) is 25.9 Å². The van der Waals surface area contributed by atoms with Crippen LogP contribution in [0.1, 0.15) is 17.5 Å². The van der Waals surface area contributed by atoms with E-state index in [4.69, 9.17) is 11.6 Å². The summed E-state index contributed by atoms with van der Waals surface area (Å²) in [5.74, 6) is 0.193. The van der Waals surface area contributed by atoms with Gasteiger partial charge in [0.05, 0.1) is 0 Å². The quantitative estimate of drug-likeness (QED) is 0.743. The molecule has 0 fully saturated rings. The molecule has 1 aromatic rings. The predicted octanol–water partition coefficient (Wildman–Crippen LogP) is 2.76. The molecule has 0 saturated heterocycles. The summed E-state index contributed by atoms with van der Waals surface area (Å²) in [7, 11) is 1.76. The SMILES string of the molecule is Cc1cc(CCN(C)C(=O)CCCl)ccc1F. The van der Waals surface area contributed by atoms with Gasteiger partial charge in [-0.15, -0.1) is 11.6 Å². The number of hydrogen-bond acceptors (Lipinski definition) is 1. The second kappa shape index (κ2) is 6.60. The summed E-state index contributed by atoms with van der Waals surface area (Å²) in [6.45, 7) is 2.36. The van der Waals surface area contributed by atoms with Gasteiger partial charge in [-0.05, 0) is 30.5 Å². The van der Waals surface area contributed by atoms with Crippen LogP contribution >= 0.6 is 11.6 Å². The van der Waals surface area contributed by atoms with E-state index in [-0.39, 0.29) is 11.7 Å². The number of nitrogens with zero attached hydrogens (tertiary/aromatic N) is 1. The maximum atomic E-state index is 13.0. The Morgan fingerprint density at radius 3 is 2.76 bits per heavy atom. The van der Waals surface area contributed by atoms with E-state index in [9.17, 15) is 9.18 Å². The van der Waals surface area contributed by atoms with Gasteiger partial charge >= 0.3 is 0 Å². The molecule has 94 valence electrons. The minimum atomic E-state index is -0.194. The monoisotopic (exact) mass is 257 g/mol. The normalized spacial score (nSPS) is 10.4. The van der Waals surface area contributed by atoms with Crippen LogP contribution in [-0.4, -0.2) is 30.3 Å². The maximum absolute atomic E-state index is 13.0. The molecule has 0 radical (unpaired) electrons. The number of benzene rings is 1. The molecule has 0 unspecified atom stereocenters. The Balaban J connectivity index is 2.50. The van der Waals surface area contributed by atoms with Crippen molar-refractivity contribution in [3.8, 4) is 0 Å². The summed E-state index contributed by atoms with van der Waals surface area (Å²) in [6, 6.07) is 5.03.